The summed E-state index contributed by atoms with van der Waals surface area (Å²) in [5, 5.41) is 5.67. The number of carbonyl (C=O) groups excluding carboxylic acids is 1. The molecule has 4 nitrogen and oxygen atoms in total. The van der Waals surface area contributed by atoms with Crippen LogP contribution in [0.1, 0.15) is 12.5 Å². The lowest BCUT2D eigenvalue weighted by Gasteiger charge is -2.12. The summed E-state index contributed by atoms with van der Waals surface area (Å²) in [5.74, 6) is -0.0860. The van der Waals surface area contributed by atoms with Crippen molar-refractivity contribution in [3.05, 3.63) is 29.8 Å². The number of nitrogens with one attached hydrogen (secondary N) is 2. The van der Waals surface area contributed by atoms with Gasteiger partial charge in [-0.15, -0.1) is 0 Å². The van der Waals surface area contributed by atoms with Crippen LogP contribution >= 0.6 is 0 Å². The van der Waals surface area contributed by atoms with E-state index in [0.717, 1.165) is 5.56 Å². The van der Waals surface area contributed by atoms with E-state index in [1.54, 1.807) is 26.1 Å². The molecule has 21 heavy (non-hydrogen) atoms. The van der Waals surface area contributed by atoms with Crippen LogP contribution in [0.5, 0.6) is 5.75 Å². The summed E-state index contributed by atoms with van der Waals surface area (Å²) < 4.78 is 40.6. The van der Waals surface area contributed by atoms with Gasteiger partial charge in [0.25, 0.3) is 0 Å². The molecule has 0 aromatic heterocycles. The zero-order chi connectivity index (χ0) is 15.9. The monoisotopic (exact) mass is 304 g/mol. The lowest BCUT2D eigenvalue weighted by atomic mass is 10.1. The number of amides is 1. The summed E-state index contributed by atoms with van der Waals surface area (Å²) in [6.45, 7) is 1.40. The Balaban J connectivity index is 2.42. The van der Waals surface area contributed by atoms with E-state index in [9.17, 15) is 18.0 Å². The Kier molecular flexibility index (Phi) is 6.48. The topological polar surface area (TPSA) is 50.4 Å². The van der Waals surface area contributed by atoms with Crippen molar-refractivity contribution >= 4 is 5.91 Å². The predicted molar refractivity (Wildman–Crippen MR) is 72.9 cm³/mol. The minimum atomic E-state index is -4.35. The Morgan fingerprint density at radius 2 is 1.90 bits per heavy atom. The van der Waals surface area contributed by atoms with Crippen molar-refractivity contribution in [1.82, 2.24) is 10.6 Å². The van der Waals surface area contributed by atoms with Gasteiger partial charge in [0.2, 0.25) is 5.91 Å². The standard InChI is InChI=1S/C14H19F3N2O2/c1-10(7-18-2)13(20)19-8-11-3-5-12(6-4-11)21-9-14(15,16)17/h3-6,10,18H,7-9H2,1-2H3,(H,19,20). The Bertz CT molecular complexity index is 447. The third kappa shape index (κ3) is 6.99. The van der Waals surface area contributed by atoms with E-state index in [1.807, 2.05) is 0 Å². The minimum absolute atomic E-state index is 0.0817. The van der Waals surface area contributed by atoms with Gasteiger partial charge in [-0.3, -0.25) is 4.79 Å². The molecule has 0 saturated carbocycles. The van der Waals surface area contributed by atoms with Gasteiger partial charge in [0, 0.05) is 19.0 Å². The number of carbonyl (C=O) groups is 1. The van der Waals surface area contributed by atoms with Gasteiger partial charge in [-0.05, 0) is 24.7 Å². The molecule has 1 atom stereocenters. The Hall–Kier alpha value is -1.76. The Morgan fingerprint density at radius 1 is 1.29 bits per heavy atom. The van der Waals surface area contributed by atoms with Gasteiger partial charge < -0.3 is 15.4 Å². The maximum Gasteiger partial charge on any atom is 0.422 e. The van der Waals surface area contributed by atoms with E-state index in [2.05, 4.69) is 15.4 Å². The molecule has 0 fully saturated rings. The van der Waals surface area contributed by atoms with E-state index in [1.165, 1.54) is 12.1 Å². The fourth-order valence-electron chi connectivity index (χ4n) is 1.63. The first kappa shape index (κ1) is 17.3. The van der Waals surface area contributed by atoms with Crippen molar-refractivity contribution < 1.29 is 22.7 Å². The average molecular weight is 304 g/mol. The fourth-order valence-corrected chi connectivity index (χ4v) is 1.63. The molecular weight excluding hydrogens is 285 g/mol. The van der Waals surface area contributed by atoms with E-state index < -0.39 is 12.8 Å². The van der Waals surface area contributed by atoms with Gasteiger partial charge in [0.15, 0.2) is 6.61 Å². The smallest absolute Gasteiger partial charge is 0.422 e. The summed E-state index contributed by atoms with van der Waals surface area (Å²) in [5.41, 5.74) is 0.791. The molecule has 1 aromatic rings. The number of alkyl halides is 3. The molecule has 0 aliphatic carbocycles. The van der Waals surface area contributed by atoms with Crippen LogP contribution < -0.4 is 15.4 Å². The highest BCUT2D eigenvalue weighted by atomic mass is 19.4. The first-order valence-corrected chi connectivity index (χ1v) is 6.52. The summed E-state index contributed by atoms with van der Waals surface area (Å²) in [6, 6.07) is 6.14. The fraction of sp³-hybridized carbons (Fsp3) is 0.500. The third-order valence-corrected chi connectivity index (χ3v) is 2.75. The van der Waals surface area contributed by atoms with Crippen molar-refractivity contribution in [2.45, 2.75) is 19.6 Å². The highest BCUT2D eigenvalue weighted by Crippen LogP contribution is 2.18. The maximum absolute atomic E-state index is 12.0. The van der Waals surface area contributed by atoms with Crippen LogP contribution in [0.4, 0.5) is 13.2 Å². The van der Waals surface area contributed by atoms with Crippen LogP contribution in [0.3, 0.4) is 0 Å². The lowest BCUT2D eigenvalue weighted by Crippen LogP contribution is -2.33. The largest absolute Gasteiger partial charge is 0.484 e. The molecule has 0 heterocycles. The molecule has 0 aliphatic rings. The van der Waals surface area contributed by atoms with Crippen molar-refractivity contribution in [3.63, 3.8) is 0 Å². The van der Waals surface area contributed by atoms with E-state index in [4.69, 9.17) is 0 Å². The van der Waals surface area contributed by atoms with Crippen molar-refractivity contribution in [2.75, 3.05) is 20.2 Å². The Morgan fingerprint density at radius 3 is 2.43 bits per heavy atom. The number of rotatable bonds is 7. The number of hydrogen-bond donors (Lipinski definition) is 2. The molecule has 2 N–H and O–H groups in total. The van der Waals surface area contributed by atoms with Crippen LogP contribution in [0.25, 0.3) is 0 Å². The zero-order valence-electron chi connectivity index (χ0n) is 12.0. The first-order valence-electron chi connectivity index (χ1n) is 6.52. The van der Waals surface area contributed by atoms with Crippen molar-refractivity contribution in [2.24, 2.45) is 5.92 Å². The van der Waals surface area contributed by atoms with Crippen molar-refractivity contribution in [3.8, 4) is 5.75 Å². The van der Waals surface area contributed by atoms with Crippen LogP contribution in [0, 0.1) is 5.92 Å². The van der Waals surface area contributed by atoms with Crippen LogP contribution in [-0.4, -0.2) is 32.3 Å². The summed E-state index contributed by atoms with van der Waals surface area (Å²) >= 11 is 0. The molecule has 1 unspecified atom stereocenters. The predicted octanol–water partition coefficient (Wildman–Crippen LogP) is 2.10. The highest BCUT2D eigenvalue weighted by molar-refractivity contribution is 5.78. The molecule has 0 saturated heterocycles. The summed E-state index contributed by atoms with van der Waals surface area (Å²) in [4.78, 5) is 11.7. The van der Waals surface area contributed by atoms with Gasteiger partial charge in [-0.2, -0.15) is 13.2 Å². The quantitative estimate of drug-likeness (QED) is 0.811. The maximum atomic E-state index is 12.0. The molecule has 1 rings (SSSR count). The lowest BCUT2D eigenvalue weighted by molar-refractivity contribution is -0.153. The second kappa shape index (κ2) is 7.87. The van der Waals surface area contributed by atoms with Crippen LogP contribution in [0.15, 0.2) is 24.3 Å². The normalized spacial score (nSPS) is 12.8. The summed E-state index contributed by atoms with van der Waals surface area (Å²) in [6.07, 6.45) is -4.35. The molecule has 118 valence electrons. The zero-order valence-corrected chi connectivity index (χ0v) is 12.0. The van der Waals surface area contributed by atoms with Gasteiger partial charge in [-0.25, -0.2) is 0 Å². The molecule has 0 radical (unpaired) electrons. The molecule has 0 bridgehead atoms. The van der Waals surface area contributed by atoms with Gasteiger partial charge in [0.1, 0.15) is 5.75 Å². The number of halogens is 3. The molecule has 7 heteroatoms. The molecular formula is C14H19F3N2O2. The summed E-state index contributed by atoms with van der Waals surface area (Å²) in [7, 11) is 1.77. The number of ether oxygens (including phenoxy) is 1. The van der Waals surface area contributed by atoms with E-state index in [-0.39, 0.29) is 17.6 Å². The average Bonchev–Trinajstić information content (AvgIpc) is 2.43. The highest BCUT2D eigenvalue weighted by Gasteiger charge is 2.28. The van der Waals surface area contributed by atoms with E-state index in [0.29, 0.717) is 13.1 Å². The number of hydrogen-bond acceptors (Lipinski definition) is 3. The Labute approximate surface area is 121 Å². The second-order valence-electron chi connectivity index (χ2n) is 4.72. The van der Waals surface area contributed by atoms with Crippen LogP contribution in [0.2, 0.25) is 0 Å². The van der Waals surface area contributed by atoms with Gasteiger partial charge >= 0.3 is 6.18 Å². The minimum Gasteiger partial charge on any atom is -0.484 e. The van der Waals surface area contributed by atoms with Gasteiger partial charge in [-0.1, -0.05) is 19.1 Å². The van der Waals surface area contributed by atoms with Crippen LogP contribution in [-0.2, 0) is 11.3 Å². The number of benzene rings is 1. The van der Waals surface area contributed by atoms with E-state index >= 15 is 0 Å². The molecule has 1 aromatic carbocycles. The first-order chi connectivity index (χ1) is 9.81. The molecule has 0 spiro atoms. The SMILES string of the molecule is CNCC(C)C(=O)NCc1ccc(OCC(F)(F)F)cc1. The van der Waals surface area contributed by atoms with Crippen molar-refractivity contribution in [1.29, 1.82) is 0 Å². The molecule has 0 aliphatic heterocycles. The molecule has 1 amide bonds. The second-order valence-corrected chi connectivity index (χ2v) is 4.72. The third-order valence-electron chi connectivity index (χ3n) is 2.75. The van der Waals surface area contributed by atoms with Gasteiger partial charge in [0.05, 0.1) is 0 Å².